The molecule has 2 N–H and O–H groups in total. The molecule has 1 unspecified atom stereocenters. The van der Waals surface area contributed by atoms with Gasteiger partial charge in [0.05, 0.1) is 4.90 Å². The lowest BCUT2D eigenvalue weighted by molar-refractivity contribution is -0.119. The lowest BCUT2D eigenvalue weighted by Crippen LogP contribution is -2.29. The normalized spacial score (nSPS) is 19.6. The Kier molecular flexibility index (Phi) is 4.97. The van der Waals surface area contributed by atoms with Crippen LogP contribution in [0.15, 0.2) is 29.2 Å². The summed E-state index contributed by atoms with van der Waals surface area (Å²) in [7, 11) is -3.49. The van der Waals surface area contributed by atoms with E-state index in [9.17, 15) is 13.2 Å². The van der Waals surface area contributed by atoms with Gasteiger partial charge in [0.15, 0.2) is 0 Å². The molecule has 0 aliphatic carbocycles. The van der Waals surface area contributed by atoms with Crippen molar-refractivity contribution in [2.75, 3.05) is 19.7 Å². The van der Waals surface area contributed by atoms with Crippen molar-refractivity contribution in [3.8, 4) is 0 Å². The third kappa shape index (κ3) is 3.81. The lowest BCUT2D eigenvalue weighted by atomic mass is 10.1. The highest BCUT2D eigenvalue weighted by Crippen LogP contribution is 2.24. The topological polar surface area (TPSA) is 86.7 Å². The Morgan fingerprint density at radius 3 is 2.57 bits per heavy atom. The molecule has 1 aromatic rings. The van der Waals surface area contributed by atoms with E-state index in [-0.39, 0.29) is 23.3 Å². The van der Waals surface area contributed by atoms with E-state index in [4.69, 9.17) is 5.11 Å². The molecule has 116 valence electrons. The SMILES string of the molecule is CC(=O)NCc1ccc(S(=O)(=O)N2CCC(CO)C2)cc1. The van der Waals surface area contributed by atoms with Gasteiger partial charge in [-0.05, 0) is 30.0 Å². The molecule has 0 radical (unpaired) electrons. The Bertz CT molecular complexity index is 598. The summed E-state index contributed by atoms with van der Waals surface area (Å²) in [6.45, 7) is 2.64. The van der Waals surface area contributed by atoms with Gasteiger partial charge in [0.25, 0.3) is 0 Å². The molecule has 1 saturated heterocycles. The monoisotopic (exact) mass is 312 g/mol. The van der Waals surface area contributed by atoms with Gasteiger partial charge in [0, 0.05) is 33.2 Å². The summed E-state index contributed by atoms with van der Waals surface area (Å²) >= 11 is 0. The standard InChI is InChI=1S/C14H20N2O4S/c1-11(18)15-8-12-2-4-14(5-3-12)21(19,20)16-7-6-13(9-16)10-17/h2-5,13,17H,6-10H2,1H3,(H,15,18). The first-order valence-corrected chi connectivity index (χ1v) is 8.32. The Morgan fingerprint density at radius 2 is 2.05 bits per heavy atom. The van der Waals surface area contributed by atoms with Crippen molar-refractivity contribution in [1.29, 1.82) is 0 Å². The molecule has 1 aromatic carbocycles. The van der Waals surface area contributed by atoms with Crippen LogP contribution in [0.2, 0.25) is 0 Å². The number of amides is 1. The Balaban J connectivity index is 2.08. The molecule has 0 aromatic heterocycles. The predicted molar refractivity (Wildman–Crippen MR) is 77.9 cm³/mol. The van der Waals surface area contributed by atoms with E-state index in [2.05, 4.69) is 5.32 Å². The molecule has 6 nitrogen and oxygen atoms in total. The average Bonchev–Trinajstić information content (AvgIpc) is 2.95. The number of carbonyl (C=O) groups is 1. The first-order valence-electron chi connectivity index (χ1n) is 6.88. The molecule has 1 heterocycles. The minimum atomic E-state index is -3.49. The minimum Gasteiger partial charge on any atom is -0.396 e. The molecule has 1 atom stereocenters. The number of aliphatic hydroxyl groups is 1. The maximum absolute atomic E-state index is 12.4. The summed E-state index contributed by atoms with van der Waals surface area (Å²) in [6.07, 6.45) is 0.691. The van der Waals surface area contributed by atoms with Crippen LogP contribution in [0.1, 0.15) is 18.9 Å². The number of nitrogens with one attached hydrogen (secondary N) is 1. The second-order valence-electron chi connectivity index (χ2n) is 5.25. The highest BCUT2D eigenvalue weighted by atomic mass is 32.2. The fourth-order valence-electron chi connectivity index (χ4n) is 2.32. The van der Waals surface area contributed by atoms with Crippen LogP contribution >= 0.6 is 0 Å². The van der Waals surface area contributed by atoms with E-state index < -0.39 is 10.0 Å². The largest absolute Gasteiger partial charge is 0.396 e. The van der Waals surface area contributed by atoms with Crippen LogP contribution in [0.25, 0.3) is 0 Å². The molecule has 2 rings (SSSR count). The summed E-state index contributed by atoms with van der Waals surface area (Å²) in [4.78, 5) is 11.1. The van der Waals surface area contributed by atoms with Crippen molar-refractivity contribution in [1.82, 2.24) is 9.62 Å². The Hall–Kier alpha value is -1.44. The van der Waals surface area contributed by atoms with E-state index in [0.29, 0.717) is 26.1 Å². The van der Waals surface area contributed by atoms with Gasteiger partial charge in [0.1, 0.15) is 0 Å². The van der Waals surface area contributed by atoms with Crippen LogP contribution in [0.3, 0.4) is 0 Å². The van der Waals surface area contributed by atoms with Crippen LogP contribution in [0, 0.1) is 5.92 Å². The van der Waals surface area contributed by atoms with Gasteiger partial charge in [-0.3, -0.25) is 4.79 Å². The highest BCUT2D eigenvalue weighted by Gasteiger charge is 2.31. The van der Waals surface area contributed by atoms with Crippen LogP contribution in [0.5, 0.6) is 0 Å². The summed E-state index contributed by atoms with van der Waals surface area (Å²) < 4.78 is 26.3. The molecule has 0 saturated carbocycles. The molecule has 1 aliphatic heterocycles. The zero-order chi connectivity index (χ0) is 15.5. The maximum Gasteiger partial charge on any atom is 0.243 e. The van der Waals surface area contributed by atoms with Crippen molar-refractivity contribution < 1.29 is 18.3 Å². The summed E-state index contributed by atoms with van der Waals surface area (Å²) in [6, 6.07) is 6.50. The Morgan fingerprint density at radius 1 is 1.38 bits per heavy atom. The Labute approximate surface area is 124 Å². The van der Waals surface area contributed by atoms with Crippen LogP contribution in [0.4, 0.5) is 0 Å². The molecule has 1 fully saturated rings. The first-order chi connectivity index (χ1) is 9.93. The first kappa shape index (κ1) is 15.9. The highest BCUT2D eigenvalue weighted by molar-refractivity contribution is 7.89. The molecule has 1 aliphatic rings. The quantitative estimate of drug-likeness (QED) is 0.820. The molecule has 1 amide bonds. The maximum atomic E-state index is 12.4. The molecular weight excluding hydrogens is 292 g/mol. The predicted octanol–water partition coefficient (Wildman–Crippen LogP) is 0.326. The summed E-state index contributed by atoms with van der Waals surface area (Å²) in [5, 5.41) is 11.8. The van der Waals surface area contributed by atoms with Gasteiger partial charge in [-0.25, -0.2) is 8.42 Å². The second-order valence-corrected chi connectivity index (χ2v) is 7.19. The summed E-state index contributed by atoms with van der Waals surface area (Å²) in [5.74, 6) is -0.0994. The number of rotatable bonds is 5. The van der Waals surface area contributed by atoms with Crippen molar-refractivity contribution in [2.45, 2.75) is 24.8 Å². The fourth-order valence-corrected chi connectivity index (χ4v) is 3.85. The zero-order valence-electron chi connectivity index (χ0n) is 11.9. The van der Waals surface area contributed by atoms with Crippen LogP contribution < -0.4 is 5.32 Å². The minimum absolute atomic E-state index is 0.0155. The number of hydrogen-bond donors (Lipinski definition) is 2. The van der Waals surface area contributed by atoms with E-state index in [1.54, 1.807) is 24.3 Å². The van der Waals surface area contributed by atoms with Crippen molar-refractivity contribution in [3.05, 3.63) is 29.8 Å². The second kappa shape index (κ2) is 6.55. The molecule has 21 heavy (non-hydrogen) atoms. The van der Waals surface area contributed by atoms with Gasteiger partial charge in [-0.2, -0.15) is 4.31 Å². The number of sulfonamides is 1. The number of carbonyl (C=O) groups excluding carboxylic acids is 1. The van der Waals surface area contributed by atoms with Crippen molar-refractivity contribution in [3.63, 3.8) is 0 Å². The van der Waals surface area contributed by atoms with Crippen LogP contribution in [-0.2, 0) is 21.4 Å². The van der Waals surface area contributed by atoms with Crippen molar-refractivity contribution >= 4 is 15.9 Å². The number of nitrogens with zero attached hydrogens (tertiary/aromatic N) is 1. The smallest absolute Gasteiger partial charge is 0.243 e. The molecule has 0 bridgehead atoms. The molecular formula is C14H20N2O4S. The van der Waals surface area contributed by atoms with Gasteiger partial charge in [-0.1, -0.05) is 12.1 Å². The molecule has 0 spiro atoms. The van der Waals surface area contributed by atoms with E-state index in [1.807, 2.05) is 0 Å². The number of hydrogen-bond acceptors (Lipinski definition) is 4. The van der Waals surface area contributed by atoms with Crippen LogP contribution in [-0.4, -0.2) is 43.4 Å². The third-order valence-electron chi connectivity index (χ3n) is 3.61. The third-order valence-corrected chi connectivity index (χ3v) is 5.49. The lowest BCUT2D eigenvalue weighted by Gasteiger charge is -2.16. The van der Waals surface area contributed by atoms with E-state index >= 15 is 0 Å². The van der Waals surface area contributed by atoms with Crippen molar-refractivity contribution in [2.24, 2.45) is 5.92 Å². The van der Waals surface area contributed by atoms with Gasteiger partial charge < -0.3 is 10.4 Å². The average molecular weight is 312 g/mol. The van der Waals surface area contributed by atoms with Gasteiger partial charge >= 0.3 is 0 Å². The van der Waals surface area contributed by atoms with E-state index in [0.717, 1.165) is 5.56 Å². The molecule has 7 heteroatoms. The summed E-state index contributed by atoms with van der Waals surface area (Å²) in [5.41, 5.74) is 0.846. The number of aliphatic hydroxyl groups excluding tert-OH is 1. The number of benzene rings is 1. The fraction of sp³-hybridized carbons (Fsp3) is 0.500. The zero-order valence-corrected chi connectivity index (χ0v) is 12.8. The van der Waals surface area contributed by atoms with E-state index in [1.165, 1.54) is 11.2 Å². The van der Waals surface area contributed by atoms with Gasteiger partial charge in [-0.15, -0.1) is 0 Å². The van der Waals surface area contributed by atoms with Gasteiger partial charge in [0.2, 0.25) is 15.9 Å².